The molecule has 1 aromatic carbocycles. The van der Waals surface area contributed by atoms with E-state index in [0.717, 1.165) is 6.42 Å². The number of aryl methyl sites for hydroxylation is 1. The van der Waals surface area contributed by atoms with E-state index >= 15 is 0 Å². The van der Waals surface area contributed by atoms with E-state index < -0.39 is 0 Å². The minimum atomic E-state index is -0.365. The van der Waals surface area contributed by atoms with Crippen molar-refractivity contribution in [3.05, 3.63) is 54.1 Å². The average Bonchev–Trinajstić information content (AvgIpc) is 2.40. The molecule has 0 fully saturated rings. The first-order valence-corrected chi connectivity index (χ1v) is 6.79. The molecule has 1 rings (SSSR count). The first-order valence-electron chi connectivity index (χ1n) is 6.79. The molecule has 0 bridgehead atoms. The van der Waals surface area contributed by atoms with Crippen molar-refractivity contribution in [2.45, 2.75) is 46.6 Å². The van der Waals surface area contributed by atoms with Crippen LogP contribution < -0.4 is 0 Å². The molecule has 0 N–H and O–H groups in total. The van der Waals surface area contributed by atoms with Gasteiger partial charge in [0, 0.05) is 5.57 Å². The van der Waals surface area contributed by atoms with Crippen molar-refractivity contribution in [3.63, 3.8) is 0 Å². The van der Waals surface area contributed by atoms with Crippen LogP contribution in [0, 0.1) is 6.92 Å². The van der Waals surface area contributed by atoms with Gasteiger partial charge >= 0.3 is 5.97 Å². The van der Waals surface area contributed by atoms with Crippen LogP contribution in [-0.4, -0.2) is 11.6 Å². The van der Waals surface area contributed by atoms with Crippen LogP contribution in [0.15, 0.2) is 43.0 Å². The van der Waals surface area contributed by atoms with Crippen molar-refractivity contribution in [1.29, 1.82) is 0 Å². The topological polar surface area (TPSA) is 26.3 Å². The molecule has 0 aliphatic rings. The van der Waals surface area contributed by atoms with Gasteiger partial charge in [-0.25, -0.2) is 4.79 Å². The zero-order valence-electron chi connectivity index (χ0n) is 13.3. The SMILES string of the molecule is C=C(C)C(=O)OC(C)(C)CC.C=Cc1ccc(C)cc1. The van der Waals surface area contributed by atoms with Gasteiger partial charge in [-0.15, -0.1) is 0 Å². The fraction of sp³-hybridized carbons (Fsp3) is 0.389. The van der Waals surface area contributed by atoms with Gasteiger partial charge in [0.2, 0.25) is 0 Å². The fourth-order valence-corrected chi connectivity index (χ4v) is 1.11. The number of esters is 1. The molecule has 0 heterocycles. The van der Waals surface area contributed by atoms with Crippen LogP contribution in [0.5, 0.6) is 0 Å². The maximum Gasteiger partial charge on any atom is 0.333 e. The molecule has 20 heavy (non-hydrogen) atoms. The van der Waals surface area contributed by atoms with Gasteiger partial charge in [0.05, 0.1) is 0 Å². The molecular weight excluding hydrogens is 248 g/mol. The third-order valence-electron chi connectivity index (χ3n) is 2.88. The van der Waals surface area contributed by atoms with Crippen molar-refractivity contribution in [1.82, 2.24) is 0 Å². The van der Waals surface area contributed by atoms with E-state index in [0.29, 0.717) is 5.57 Å². The number of carbonyl (C=O) groups excluding carboxylic acids is 1. The van der Waals surface area contributed by atoms with Crippen LogP contribution in [0.25, 0.3) is 6.08 Å². The third-order valence-corrected chi connectivity index (χ3v) is 2.88. The van der Waals surface area contributed by atoms with Crippen molar-refractivity contribution in [2.24, 2.45) is 0 Å². The molecule has 1 aromatic rings. The zero-order valence-corrected chi connectivity index (χ0v) is 13.3. The van der Waals surface area contributed by atoms with Gasteiger partial charge < -0.3 is 4.74 Å². The molecule has 0 aliphatic carbocycles. The zero-order chi connectivity index (χ0) is 15.8. The smallest absolute Gasteiger partial charge is 0.333 e. The van der Waals surface area contributed by atoms with E-state index in [4.69, 9.17) is 4.74 Å². The number of carbonyl (C=O) groups is 1. The average molecular weight is 274 g/mol. The van der Waals surface area contributed by atoms with E-state index in [1.54, 1.807) is 6.92 Å². The summed E-state index contributed by atoms with van der Waals surface area (Å²) in [6.45, 7) is 16.6. The Bertz CT molecular complexity index is 453. The van der Waals surface area contributed by atoms with Gasteiger partial charge in [0.15, 0.2) is 0 Å². The summed E-state index contributed by atoms with van der Waals surface area (Å²) in [4.78, 5) is 11.0. The van der Waals surface area contributed by atoms with E-state index in [9.17, 15) is 4.79 Å². The highest BCUT2D eigenvalue weighted by Crippen LogP contribution is 2.15. The molecule has 110 valence electrons. The number of hydrogen-bond acceptors (Lipinski definition) is 2. The minimum Gasteiger partial charge on any atom is -0.456 e. The van der Waals surface area contributed by atoms with Crippen LogP contribution in [-0.2, 0) is 9.53 Å². The highest BCUT2D eigenvalue weighted by Gasteiger charge is 2.20. The first kappa shape index (κ1) is 18.2. The number of rotatable bonds is 4. The van der Waals surface area contributed by atoms with Gasteiger partial charge in [-0.2, -0.15) is 0 Å². The predicted octanol–water partition coefficient (Wildman–Crippen LogP) is 4.93. The predicted molar refractivity (Wildman–Crippen MR) is 86.5 cm³/mol. The van der Waals surface area contributed by atoms with Crippen LogP contribution >= 0.6 is 0 Å². The van der Waals surface area contributed by atoms with Gasteiger partial charge in [0.1, 0.15) is 5.60 Å². The van der Waals surface area contributed by atoms with Crippen LogP contribution in [0.4, 0.5) is 0 Å². The summed E-state index contributed by atoms with van der Waals surface area (Å²) in [6, 6.07) is 8.28. The summed E-state index contributed by atoms with van der Waals surface area (Å²) in [5, 5.41) is 0. The number of ether oxygens (including phenoxy) is 1. The molecule has 0 spiro atoms. The van der Waals surface area contributed by atoms with Crippen LogP contribution in [0.3, 0.4) is 0 Å². The molecule has 0 amide bonds. The second-order valence-electron chi connectivity index (χ2n) is 5.40. The lowest BCUT2D eigenvalue weighted by molar-refractivity contribution is -0.151. The Kier molecular flexibility index (Phi) is 7.60. The minimum absolute atomic E-state index is 0.308. The van der Waals surface area contributed by atoms with E-state index in [2.05, 4.69) is 44.3 Å². The standard InChI is InChI=1S/C9H16O2.C9H10/c1-6-9(4,5)11-8(10)7(2)3;1-3-9-6-4-8(2)5-7-9/h2,6H2,1,3-5H3;3-7H,1H2,2H3. The summed E-state index contributed by atoms with van der Waals surface area (Å²) in [5.74, 6) is -0.308. The summed E-state index contributed by atoms with van der Waals surface area (Å²) < 4.78 is 5.11. The fourth-order valence-electron chi connectivity index (χ4n) is 1.11. The molecule has 0 aliphatic heterocycles. The summed E-state index contributed by atoms with van der Waals surface area (Å²) in [5.41, 5.74) is 2.56. The lowest BCUT2D eigenvalue weighted by atomic mass is 10.1. The third kappa shape index (κ3) is 7.57. The van der Waals surface area contributed by atoms with Crippen LogP contribution in [0.1, 0.15) is 45.2 Å². The maximum absolute atomic E-state index is 11.0. The largest absolute Gasteiger partial charge is 0.456 e. The molecule has 0 unspecified atom stereocenters. The normalized spacial score (nSPS) is 10.1. The Morgan fingerprint density at radius 3 is 2.15 bits per heavy atom. The summed E-state index contributed by atoms with van der Waals surface area (Å²) in [6.07, 6.45) is 2.66. The Morgan fingerprint density at radius 2 is 1.80 bits per heavy atom. The Balaban J connectivity index is 0.000000367. The Labute approximate surface area is 123 Å². The van der Waals surface area contributed by atoms with Crippen LogP contribution in [0.2, 0.25) is 0 Å². The van der Waals surface area contributed by atoms with Gasteiger partial charge in [0.25, 0.3) is 0 Å². The van der Waals surface area contributed by atoms with E-state index in [1.165, 1.54) is 11.1 Å². The lowest BCUT2D eigenvalue weighted by Gasteiger charge is -2.23. The molecule has 0 saturated carbocycles. The molecule has 2 nitrogen and oxygen atoms in total. The molecule has 2 heteroatoms. The second kappa shape index (κ2) is 8.36. The number of benzene rings is 1. The van der Waals surface area contributed by atoms with Crippen molar-refractivity contribution in [3.8, 4) is 0 Å². The molecule has 0 aromatic heterocycles. The van der Waals surface area contributed by atoms with E-state index in [-0.39, 0.29) is 11.6 Å². The monoisotopic (exact) mass is 274 g/mol. The Hall–Kier alpha value is -1.83. The maximum atomic E-state index is 11.0. The Morgan fingerprint density at radius 1 is 1.30 bits per heavy atom. The molecule has 0 radical (unpaired) electrons. The molecular formula is C18H26O2. The highest BCUT2D eigenvalue weighted by atomic mass is 16.6. The van der Waals surface area contributed by atoms with E-state index in [1.807, 2.05) is 26.8 Å². The molecule has 0 atom stereocenters. The second-order valence-corrected chi connectivity index (χ2v) is 5.40. The van der Waals surface area contributed by atoms with Gasteiger partial charge in [-0.1, -0.05) is 56.0 Å². The quantitative estimate of drug-likeness (QED) is 0.574. The lowest BCUT2D eigenvalue weighted by Crippen LogP contribution is -2.27. The van der Waals surface area contributed by atoms with Crippen molar-refractivity contribution in [2.75, 3.05) is 0 Å². The number of hydrogen-bond donors (Lipinski definition) is 0. The highest BCUT2D eigenvalue weighted by molar-refractivity contribution is 5.87. The first-order chi connectivity index (χ1) is 9.21. The van der Waals surface area contributed by atoms with Gasteiger partial charge in [-0.3, -0.25) is 0 Å². The summed E-state index contributed by atoms with van der Waals surface area (Å²) in [7, 11) is 0. The molecule has 0 saturated heterocycles. The summed E-state index contributed by atoms with van der Waals surface area (Å²) >= 11 is 0. The van der Waals surface area contributed by atoms with Crippen molar-refractivity contribution < 1.29 is 9.53 Å². The van der Waals surface area contributed by atoms with Crippen molar-refractivity contribution >= 4 is 12.0 Å². The van der Waals surface area contributed by atoms with Gasteiger partial charge in [-0.05, 0) is 39.7 Å².